The lowest BCUT2D eigenvalue weighted by atomic mass is 10.1. The molecule has 1 amide bonds. The van der Waals surface area contributed by atoms with E-state index in [4.69, 9.17) is 9.47 Å². The van der Waals surface area contributed by atoms with Crippen molar-refractivity contribution >= 4 is 12.1 Å². The molecule has 1 aliphatic rings. The maximum absolute atomic E-state index is 12.3. The molecular weight excluding hydrogens is 314 g/mol. The van der Waals surface area contributed by atoms with Crippen LogP contribution in [0.4, 0.5) is 4.79 Å². The number of aliphatic hydroxyl groups is 2. The second-order valence-electron chi connectivity index (χ2n) is 6.72. The van der Waals surface area contributed by atoms with Crippen LogP contribution in [0.15, 0.2) is 30.3 Å². The van der Waals surface area contributed by atoms with E-state index in [0.717, 1.165) is 10.5 Å². The van der Waals surface area contributed by atoms with Gasteiger partial charge in [0.25, 0.3) is 5.72 Å². The van der Waals surface area contributed by atoms with Gasteiger partial charge in [-0.3, -0.25) is 4.90 Å². The molecule has 0 bridgehead atoms. The molecule has 0 spiro atoms. The zero-order valence-electron chi connectivity index (χ0n) is 14.1. The summed E-state index contributed by atoms with van der Waals surface area (Å²) < 4.78 is 10.3. The van der Waals surface area contributed by atoms with Crippen LogP contribution in [0.2, 0.25) is 0 Å². The van der Waals surface area contributed by atoms with Gasteiger partial charge in [0, 0.05) is 6.54 Å². The normalized spacial score (nSPS) is 23.9. The van der Waals surface area contributed by atoms with Gasteiger partial charge in [0.2, 0.25) is 0 Å². The molecule has 1 fully saturated rings. The lowest BCUT2D eigenvalue weighted by molar-refractivity contribution is -0.197. The van der Waals surface area contributed by atoms with Crippen LogP contribution >= 0.6 is 0 Å². The Bertz CT molecular complexity index is 597. The minimum absolute atomic E-state index is 0.00693. The summed E-state index contributed by atoms with van der Waals surface area (Å²) in [5, 5.41) is 20.7. The molecule has 1 aliphatic heterocycles. The maximum Gasteiger partial charge on any atom is 0.413 e. The highest BCUT2D eigenvalue weighted by Crippen LogP contribution is 2.30. The molecule has 0 aromatic heterocycles. The molecule has 1 heterocycles. The van der Waals surface area contributed by atoms with Crippen molar-refractivity contribution in [3.8, 4) is 0 Å². The van der Waals surface area contributed by atoms with Crippen LogP contribution in [0.3, 0.4) is 0 Å². The predicted octanol–water partition coefficient (Wildman–Crippen LogP) is 1.42. The van der Waals surface area contributed by atoms with Crippen LogP contribution in [-0.2, 0) is 20.9 Å². The van der Waals surface area contributed by atoms with Crippen LogP contribution in [0.5, 0.6) is 0 Å². The first kappa shape index (κ1) is 18.2. The summed E-state index contributed by atoms with van der Waals surface area (Å²) in [6, 6.07) is 8.91. The quantitative estimate of drug-likeness (QED) is 0.810. The Kier molecular flexibility index (Phi) is 5.15. The third kappa shape index (κ3) is 3.85. The number of esters is 1. The molecule has 0 aliphatic carbocycles. The van der Waals surface area contributed by atoms with E-state index in [-0.39, 0.29) is 19.6 Å². The molecule has 132 valence electrons. The topological polar surface area (TPSA) is 96.3 Å². The van der Waals surface area contributed by atoms with E-state index >= 15 is 0 Å². The zero-order chi connectivity index (χ0) is 18.0. The summed E-state index contributed by atoms with van der Waals surface area (Å²) in [6.07, 6.45) is -2.26. The maximum atomic E-state index is 12.3. The molecular formula is C17H23NO6. The second-order valence-corrected chi connectivity index (χ2v) is 6.72. The van der Waals surface area contributed by atoms with E-state index in [1.807, 2.05) is 6.07 Å². The zero-order valence-corrected chi connectivity index (χ0v) is 14.1. The lowest BCUT2D eigenvalue weighted by Gasteiger charge is -2.34. The van der Waals surface area contributed by atoms with Crippen molar-refractivity contribution in [1.82, 2.24) is 4.90 Å². The number of carbonyl (C=O) groups is 2. The number of hydrogen-bond donors (Lipinski definition) is 2. The third-order valence-electron chi connectivity index (χ3n) is 3.63. The van der Waals surface area contributed by atoms with Gasteiger partial charge in [0.15, 0.2) is 0 Å². The number of benzene rings is 1. The minimum Gasteiger partial charge on any atom is -0.457 e. The molecule has 0 radical (unpaired) electrons. The van der Waals surface area contributed by atoms with Gasteiger partial charge in [-0.05, 0) is 32.8 Å². The average molecular weight is 337 g/mol. The number of hydrogen-bond acceptors (Lipinski definition) is 6. The molecule has 2 N–H and O–H groups in total. The Morgan fingerprint density at radius 1 is 1.29 bits per heavy atom. The average Bonchev–Trinajstić information content (AvgIpc) is 2.81. The van der Waals surface area contributed by atoms with E-state index in [9.17, 15) is 19.8 Å². The van der Waals surface area contributed by atoms with Crippen LogP contribution in [0.25, 0.3) is 0 Å². The van der Waals surface area contributed by atoms with E-state index in [1.54, 1.807) is 45.0 Å². The summed E-state index contributed by atoms with van der Waals surface area (Å²) in [5.41, 5.74) is -2.51. The largest absolute Gasteiger partial charge is 0.457 e. The van der Waals surface area contributed by atoms with Crippen molar-refractivity contribution in [2.45, 2.75) is 51.2 Å². The number of likely N-dealkylation sites (tertiary alicyclic amines) is 1. The smallest absolute Gasteiger partial charge is 0.413 e. The highest BCUT2D eigenvalue weighted by Gasteiger charge is 2.57. The fourth-order valence-electron chi connectivity index (χ4n) is 2.43. The Balaban J connectivity index is 2.11. The Morgan fingerprint density at radius 3 is 2.50 bits per heavy atom. The van der Waals surface area contributed by atoms with Gasteiger partial charge >= 0.3 is 12.1 Å². The van der Waals surface area contributed by atoms with E-state index < -0.39 is 29.5 Å². The molecule has 7 heteroatoms. The van der Waals surface area contributed by atoms with Crippen molar-refractivity contribution in [3.63, 3.8) is 0 Å². The first-order valence-corrected chi connectivity index (χ1v) is 7.77. The van der Waals surface area contributed by atoms with Crippen molar-refractivity contribution in [1.29, 1.82) is 0 Å². The van der Waals surface area contributed by atoms with Crippen molar-refractivity contribution < 1.29 is 29.3 Å². The van der Waals surface area contributed by atoms with Crippen LogP contribution in [0, 0.1) is 0 Å². The standard InChI is InChI=1S/C17H23NO6/c1-16(2,3)24-15(21)18-10-9-13(19)17(18,22)14(20)23-11-12-7-5-4-6-8-12/h4-8,13,19,22H,9-11H2,1-3H3/t13?,17-/m1/s1. The fraction of sp³-hybridized carbons (Fsp3) is 0.529. The molecule has 2 atom stereocenters. The number of rotatable bonds is 3. The minimum atomic E-state index is -2.45. The van der Waals surface area contributed by atoms with Crippen molar-refractivity contribution in [3.05, 3.63) is 35.9 Å². The number of carbonyl (C=O) groups excluding carboxylic acids is 2. The van der Waals surface area contributed by atoms with Gasteiger partial charge in [0.1, 0.15) is 18.3 Å². The monoisotopic (exact) mass is 337 g/mol. The van der Waals surface area contributed by atoms with E-state index in [2.05, 4.69) is 0 Å². The van der Waals surface area contributed by atoms with Gasteiger partial charge < -0.3 is 19.7 Å². The highest BCUT2D eigenvalue weighted by atomic mass is 16.6. The molecule has 7 nitrogen and oxygen atoms in total. The molecule has 1 aromatic rings. The van der Waals surface area contributed by atoms with Gasteiger partial charge in [-0.1, -0.05) is 30.3 Å². The van der Waals surface area contributed by atoms with Crippen LogP contribution < -0.4 is 0 Å². The number of amides is 1. The van der Waals surface area contributed by atoms with Crippen LogP contribution in [0.1, 0.15) is 32.8 Å². The summed E-state index contributed by atoms with van der Waals surface area (Å²) >= 11 is 0. The first-order chi connectivity index (χ1) is 11.1. The summed E-state index contributed by atoms with van der Waals surface area (Å²) in [5.74, 6) is -1.08. The molecule has 24 heavy (non-hydrogen) atoms. The van der Waals surface area contributed by atoms with Gasteiger partial charge in [-0.15, -0.1) is 0 Å². The Hall–Kier alpha value is -2.12. The SMILES string of the molecule is CC(C)(C)OC(=O)N1CCC(O)[C@@]1(O)C(=O)OCc1ccccc1. The Morgan fingerprint density at radius 2 is 1.92 bits per heavy atom. The molecule has 1 unspecified atom stereocenters. The summed E-state index contributed by atoms with van der Waals surface area (Å²) in [7, 11) is 0. The number of nitrogens with zero attached hydrogens (tertiary/aromatic N) is 1. The first-order valence-electron chi connectivity index (χ1n) is 7.77. The van der Waals surface area contributed by atoms with Gasteiger partial charge in [-0.2, -0.15) is 0 Å². The summed E-state index contributed by atoms with van der Waals surface area (Å²) in [4.78, 5) is 25.4. The van der Waals surface area contributed by atoms with Gasteiger partial charge in [-0.25, -0.2) is 9.59 Å². The number of aliphatic hydroxyl groups excluding tert-OH is 1. The second kappa shape index (κ2) is 6.78. The van der Waals surface area contributed by atoms with Crippen LogP contribution in [-0.4, -0.2) is 51.2 Å². The molecule has 1 aromatic carbocycles. The van der Waals surface area contributed by atoms with Crippen molar-refractivity contribution in [2.75, 3.05) is 6.54 Å². The number of ether oxygens (including phenoxy) is 2. The molecule has 1 saturated heterocycles. The van der Waals surface area contributed by atoms with E-state index in [0.29, 0.717) is 0 Å². The lowest BCUT2D eigenvalue weighted by Crippen LogP contribution is -2.59. The van der Waals surface area contributed by atoms with E-state index in [1.165, 1.54) is 0 Å². The molecule has 2 rings (SSSR count). The Labute approximate surface area is 140 Å². The third-order valence-corrected chi connectivity index (χ3v) is 3.63. The predicted molar refractivity (Wildman–Crippen MR) is 84.8 cm³/mol. The summed E-state index contributed by atoms with van der Waals surface area (Å²) in [6.45, 7) is 4.93. The van der Waals surface area contributed by atoms with Gasteiger partial charge in [0.05, 0.1) is 0 Å². The highest BCUT2D eigenvalue weighted by molar-refractivity contribution is 5.85. The van der Waals surface area contributed by atoms with Crippen molar-refractivity contribution in [2.24, 2.45) is 0 Å². The fourth-order valence-corrected chi connectivity index (χ4v) is 2.43. The molecule has 0 saturated carbocycles.